The van der Waals surface area contributed by atoms with Crippen LogP contribution < -0.4 is 5.32 Å². The molecule has 4 nitrogen and oxygen atoms in total. The molecule has 1 aromatic heterocycles. The minimum Gasteiger partial charge on any atom is -0.357 e. The number of amides is 1. The molecule has 3 rings (SSSR count). The Labute approximate surface area is 159 Å². The van der Waals surface area contributed by atoms with Crippen molar-refractivity contribution in [3.63, 3.8) is 0 Å². The van der Waals surface area contributed by atoms with E-state index in [1.807, 2.05) is 60.8 Å². The second-order valence-corrected chi connectivity index (χ2v) is 6.95. The Morgan fingerprint density at radius 2 is 2.04 bits per heavy atom. The highest BCUT2D eigenvalue weighted by Crippen LogP contribution is 2.27. The zero-order chi connectivity index (χ0) is 17.8. The number of benzene rings is 2. The molecule has 1 amide bonds. The smallest absolute Gasteiger partial charge is 0.244 e. The Morgan fingerprint density at radius 3 is 2.76 bits per heavy atom. The van der Waals surface area contributed by atoms with Crippen molar-refractivity contribution in [2.45, 2.75) is 12.5 Å². The molecule has 3 aromatic rings. The van der Waals surface area contributed by atoms with Crippen molar-refractivity contribution < 1.29 is 4.79 Å². The van der Waals surface area contributed by atoms with Crippen molar-refractivity contribution in [3.05, 3.63) is 75.9 Å². The van der Waals surface area contributed by atoms with Gasteiger partial charge in [-0.3, -0.25) is 9.48 Å². The van der Waals surface area contributed by atoms with Gasteiger partial charge in [-0.2, -0.15) is 5.10 Å². The van der Waals surface area contributed by atoms with Crippen molar-refractivity contribution in [2.24, 2.45) is 0 Å². The van der Waals surface area contributed by atoms with Crippen LogP contribution in [0.4, 0.5) is 0 Å². The van der Waals surface area contributed by atoms with E-state index in [0.717, 1.165) is 21.3 Å². The molecule has 25 heavy (non-hydrogen) atoms. The van der Waals surface area contributed by atoms with E-state index < -0.39 is 6.04 Å². The fraction of sp³-hybridized carbons (Fsp3) is 0.158. The first kappa shape index (κ1) is 17.7. The summed E-state index contributed by atoms with van der Waals surface area (Å²) in [4.78, 5) is 12.4. The maximum Gasteiger partial charge on any atom is 0.244 e. The third-order valence-corrected chi connectivity index (χ3v) is 4.77. The van der Waals surface area contributed by atoms with E-state index in [1.54, 1.807) is 11.7 Å². The van der Waals surface area contributed by atoms with Gasteiger partial charge < -0.3 is 5.32 Å². The van der Waals surface area contributed by atoms with Gasteiger partial charge >= 0.3 is 0 Å². The Balaban J connectivity index is 1.92. The summed E-state index contributed by atoms with van der Waals surface area (Å²) in [7, 11) is 1.63. The van der Waals surface area contributed by atoms with Gasteiger partial charge in [-0.05, 0) is 29.8 Å². The summed E-state index contributed by atoms with van der Waals surface area (Å²) < 4.78 is 2.68. The van der Waals surface area contributed by atoms with Crippen molar-refractivity contribution in [1.29, 1.82) is 0 Å². The van der Waals surface area contributed by atoms with Gasteiger partial charge in [-0.1, -0.05) is 57.9 Å². The van der Waals surface area contributed by atoms with E-state index >= 15 is 0 Å². The van der Waals surface area contributed by atoms with Crippen LogP contribution in [0, 0.1) is 0 Å². The second-order valence-electron chi connectivity index (χ2n) is 5.62. The number of likely N-dealkylation sites (N-methyl/N-ethyl adjacent to an activating group) is 1. The molecule has 6 heteroatoms. The number of carbonyl (C=O) groups excluding carboxylic acids is 1. The predicted molar refractivity (Wildman–Crippen MR) is 104 cm³/mol. The van der Waals surface area contributed by atoms with Crippen molar-refractivity contribution in [3.8, 4) is 11.3 Å². The van der Waals surface area contributed by atoms with Gasteiger partial charge in [-0.25, -0.2) is 0 Å². The summed E-state index contributed by atoms with van der Waals surface area (Å²) in [6, 6.07) is 16.9. The molecule has 0 aliphatic carbocycles. The Bertz CT molecular complexity index is 894. The lowest BCUT2D eigenvalue weighted by atomic mass is 10.1. The summed E-state index contributed by atoms with van der Waals surface area (Å²) in [6.07, 6.45) is 2.36. The third kappa shape index (κ3) is 4.11. The molecule has 0 aliphatic rings. The fourth-order valence-corrected chi connectivity index (χ4v) is 3.36. The maximum absolute atomic E-state index is 12.4. The van der Waals surface area contributed by atoms with Crippen LogP contribution in [0.5, 0.6) is 0 Å². The molecule has 0 bridgehead atoms. The number of nitrogens with zero attached hydrogens (tertiary/aromatic N) is 2. The minimum absolute atomic E-state index is 0.0891. The zero-order valence-electron chi connectivity index (χ0n) is 13.6. The van der Waals surface area contributed by atoms with E-state index in [9.17, 15) is 4.79 Å². The van der Waals surface area contributed by atoms with E-state index in [2.05, 4.69) is 26.3 Å². The zero-order valence-corrected chi connectivity index (χ0v) is 16.0. The molecular weight excluding hydrogens is 402 g/mol. The largest absolute Gasteiger partial charge is 0.357 e. The highest BCUT2D eigenvalue weighted by Gasteiger charge is 2.21. The molecule has 1 heterocycles. The molecule has 2 aromatic carbocycles. The number of nitrogens with one attached hydrogen (secondary N) is 1. The molecule has 128 valence electrons. The van der Waals surface area contributed by atoms with Gasteiger partial charge in [-0.15, -0.1) is 0 Å². The lowest BCUT2D eigenvalue weighted by molar-refractivity contribution is -0.124. The maximum atomic E-state index is 12.4. The van der Waals surface area contributed by atoms with Gasteiger partial charge in [0.2, 0.25) is 5.91 Å². The minimum atomic E-state index is -0.435. The average Bonchev–Trinajstić information content (AvgIpc) is 3.09. The van der Waals surface area contributed by atoms with Gasteiger partial charge in [0, 0.05) is 29.7 Å². The lowest BCUT2D eigenvalue weighted by Gasteiger charge is -2.16. The summed E-state index contributed by atoms with van der Waals surface area (Å²) in [6.45, 7) is 0. The van der Waals surface area contributed by atoms with Crippen LogP contribution in [0.15, 0.2) is 65.3 Å². The van der Waals surface area contributed by atoms with Gasteiger partial charge in [0.15, 0.2) is 0 Å². The molecule has 0 unspecified atom stereocenters. The highest BCUT2D eigenvalue weighted by molar-refractivity contribution is 9.10. The van der Waals surface area contributed by atoms with Gasteiger partial charge in [0.1, 0.15) is 6.04 Å². The SMILES string of the molecule is CNC(=O)[C@H](Cc1cccc(Br)c1)n1ccc(-c2ccccc2Cl)n1. The van der Waals surface area contributed by atoms with E-state index in [1.165, 1.54) is 0 Å². The number of halogens is 2. The van der Waals surface area contributed by atoms with Crippen LogP contribution in [0.2, 0.25) is 5.02 Å². The van der Waals surface area contributed by atoms with Gasteiger partial charge in [0.25, 0.3) is 0 Å². The van der Waals surface area contributed by atoms with Gasteiger partial charge in [0.05, 0.1) is 10.7 Å². The molecule has 0 spiro atoms. The highest BCUT2D eigenvalue weighted by atomic mass is 79.9. The Morgan fingerprint density at radius 1 is 1.24 bits per heavy atom. The van der Waals surface area contributed by atoms with Crippen molar-refractivity contribution >= 4 is 33.4 Å². The third-order valence-electron chi connectivity index (χ3n) is 3.94. The molecule has 0 fully saturated rings. The predicted octanol–water partition coefficient (Wildman–Crippen LogP) is 4.50. The van der Waals surface area contributed by atoms with Crippen molar-refractivity contribution in [2.75, 3.05) is 7.05 Å². The molecule has 1 atom stereocenters. The number of carbonyl (C=O) groups is 1. The monoisotopic (exact) mass is 417 g/mol. The average molecular weight is 419 g/mol. The van der Waals surface area contributed by atoms with Crippen LogP contribution in [0.25, 0.3) is 11.3 Å². The molecule has 0 radical (unpaired) electrons. The summed E-state index contributed by atoms with van der Waals surface area (Å²) in [5, 5.41) is 7.95. The molecule has 1 N–H and O–H groups in total. The van der Waals surface area contributed by atoms with E-state index in [4.69, 9.17) is 11.6 Å². The van der Waals surface area contributed by atoms with E-state index in [-0.39, 0.29) is 5.91 Å². The van der Waals surface area contributed by atoms with Crippen LogP contribution >= 0.6 is 27.5 Å². The quantitative estimate of drug-likeness (QED) is 0.663. The summed E-state index contributed by atoms with van der Waals surface area (Å²) in [5.41, 5.74) is 2.65. The standard InChI is InChI=1S/C19H17BrClN3O/c1-22-19(25)18(12-13-5-4-6-14(20)11-13)24-10-9-17(23-24)15-7-2-3-8-16(15)21/h2-11,18H,12H2,1H3,(H,22,25)/t18-/m0/s1. The number of aromatic nitrogens is 2. The summed E-state index contributed by atoms with van der Waals surface area (Å²) in [5.74, 6) is -0.0891. The first-order valence-corrected chi connectivity index (χ1v) is 9.01. The van der Waals surface area contributed by atoms with Crippen LogP contribution in [-0.4, -0.2) is 22.7 Å². The van der Waals surface area contributed by atoms with Crippen LogP contribution in [0.3, 0.4) is 0 Å². The topological polar surface area (TPSA) is 46.9 Å². The fourth-order valence-electron chi connectivity index (χ4n) is 2.68. The number of rotatable bonds is 5. The molecular formula is C19H17BrClN3O. The van der Waals surface area contributed by atoms with Crippen LogP contribution in [0.1, 0.15) is 11.6 Å². The number of hydrogen-bond donors (Lipinski definition) is 1. The van der Waals surface area contributed by atoms with Crippen LogP contribution in [-0.2, 0) is 11.2 Å². The molecule has 0 aliphatic heterocycles. The van der Waals surface area contributed by atoms with E-state index in [0.29, 0.717) is 11.4 Å². The van der Waals surface area contributed by atoms with Crippen molar-refractivity contribution in [1.82, 2.24) is 15.1 Å². The number of hydrogen-bond acceptors (Lipinski definition) is 2. The Hall–Kier alpha value is -2.11. The normalized spacial score (nSPS) is 12.0. The second kappa shape index (κ2) is 7.85. The Kier molecular flexibility index (Phi) is 5.56. The molecule has 0 saturated carbocycles. The first-order chi connectivity index (χ1) is 12.1. The summed E-state index contributed by atoms with van der Waals surface area (Å²) >= 11 is 9.72. The molecule has 0 saturated heterocycles. The first-order valence-electron chi connectivity index (χ1n) is 7.84. The lowest BCUT2D eigenvalue weighted by Crippen LogP contribution is -2.31.